The van der Waals surface area contributed by atoms with Gasteiger partial charge in [0.15, 0.2) is 0 Å². The number of aryl methyl sites for hydroxylation is 1. The molecule has 0 spiro atoms. The van der Waals surface area contributed by atoms with Crippen LogP contribution in [-0.4, -0.2) is 30.5 Å². The van der Waals surface area contributed by atoms with Crippen molar-refractivity contribution in [2.24, 2.45) is 5.73 Å². The molecule has 0 aliphatic carbocycles. The number of hydrogen-bond donors (Lipinski definition) is 2. The average Bonchev–Trinajstić information content (AvgIpc) is 2.37. The predicted molar refractivity (Wildman–Crippen MR) is 82.4 cm³/mol. The summed E-state index contributed by atoms with van der Waals surface area (Å²) >= 11 is 1.72. The first kappa shape index (κ1) is 15.6. The molecule has 4 heteroatoms. The molecule has 0 heterocycles. The molecular formula is C15H20N2OS. The first-order chi connectivity index (χ1) is 9.08. The predicted octanol–water partition coefficient (Wildman–Crippen LogP) is 1.79. The second kappa shape index (κ2) is 7.88. The van der Waals surface area contributed by atoms with Gasteiger partial charge in [-0.1, -0.05) is 11.8 Å². The Kier molecular flexibility index (Phi) is 6.48. The Bertz CT molecular complexity index is 503. The van der Waals surface area contributed by atoms with Crippen LogP contribution in [0.4, 0.5) is 0 Å². The monoisotopic (exact) mass is 276 g/mol. The zero-order valence-corrected chi connectivity index (χ0v) is 12.4. The molecule has 3 nitrogen and oxygen atoms in total. The van der Waals surface area contributed by atoms with E-state index in [-0.39, 0.29) is 11.9 Å². The number of amides is 1. The maximum absolute atomic E-state index is 12.0. The summed E-state index contributed by atoms with van der Waals surface area (Å²) < 4.78 is 0. The zero-order valence-electron chi connectivity index (χ0n) is 11.6. The highest BCUT2D eigenvalue weighted by Gasteiger charge is 2.10. The fraction of sp³-hybridized carbons (Fsp3) is 0.400. The van der Waals surface area contributed by atoms with Crippen LogP contribution < -0.4 is 11.1 Å². The highest BCUT2D eigenvalue weighted by atomic mass is 32.2. The first-order valence-electron chi connectivity index (χ1n) is 6.18. The Balaban J connectivity index is 2.80. The van der Waals surface area contributed by atoms with Crippen molar-refractivity contribution in [1.29, 1.82) is 0 Å². The normalized spacial score (nSPS) is 11.4. The standard InChI is InChI=1S/C15H20N2OS/c1-11-9-14(7-6-13(11)5-4-8-16)15(18)17-12(2)10-19-3/h6-7,9,12H,8,10,16H2,1-3H3,(H,17,18). The molecule has 0 fully saturated rings. The van der Waals surface area contributed by atoms with Gasteiger partial charge in [-0.05, 0) is 43.9 Å². The van der Waals surface area contributed by atoms with Crippen molar-refractivity contribution >= 4 is 17.7 Å². The van der Waals surface area contributed by atoms with Crippen molar-refractivity contribution in [3.8, 4) is 11.8 Å². The summed E-state index contributed by atoms with van der Waals surface area (Å²) in [6.07, 6.45) is 2.03. The van der Waals surface area contributed by atoms with Gasteiger partial charge in [-0.15, -0.1) is 0 Å². The molecule has 0 aliphatic heterocycles. The maximum Gasteiger partial charge on any atom is 0.251 e. The van der Waals surface area contributed by atoms with Crippen LogP contribution in [0.3, 0.4) is 0 Å². The van der Waals surface area contributed by atoms with E-state index in [1.807, 2.05) is 32.2 Å². The third kappa shape index (κ3) is 4.98. The molecule has 1 amide bonds. The van der Waals surface area contributed by atoms with E-state index in [1.54, 1.807) is 17.8 Å². The lowest BCUT2D eigenvalue weighted by atomic mass is 10.0. The molecule has 1 unspecified atom stereocenters. The summed E-state index contributed by atoms with van der Waals surface area (Å²) in [5.74, 6) is 6.68. The van der Waals surface area contributed by atoms with Gasteiger partial charge in [-0.3, -0.25) is 4.79 Å². The van der Waals surface area contributed by atoms with Gasteiger partial charge in [0.05, 0.1) is 6.54 Å². The molecule has 0 radical (unpaired) electrons. The molecule has 1 rings (SSSR count). The van der Waals surface area contributed by atoms with E-state index < -0.39 is 0 Å². The second-order valence-electron chi connectivity index (χ2n) is 4.37. The molecule has 1 aromatic rings. The summed E-state index contributed by atoms with van der Waals surface area (Å²) in [6.45, 7) is 4.29. The molecule has 1 atom stereocenters. The molecule has 0 saturated heterocycles. The molecule has 19 heavy (non-hydrogen) atoms. The third-order valence-corrected chi connectivity index (χ3v) is 3.44. The summed E-state index contributed by atoms with van der Waals surface area (Å²) in [5, 5.41) is 2.97. The van der Waals surface area contributed by atoms with E-state index >= 15 is 0 Å². The Morgan fingerprint density at radius 3 is 2.84 bits per heavy atom. The van der Waals surface area contributed by atoms with Gasteiger partial charge in [0.25, 0.3) is 5.91 Å². The quantitative estimate of drug-likeness (QED) is 0.824. The van der Waals surface area contributed by atoms with Crippen LogP contribution in [-0.2, 0) is 0 Å². The van der Waals surface area contributed by atoms with Gasteiger partial charge in [0, 0.05) is 22.9 Å². The molecule has 0 saturated carbocycles. The minimum atomic E-state index is -0.0389. The highest BCUT2D eigenvalue weighted by Crippen LogP contribution is 2.10. The molecule has 0 bridgehead atoms. The van der Waals surface area contributed by atoms with E-state index in [4.69, 9.17) is 5.73 Å². The number of benzene rings is 1. The molecule has 3 N–H and O–H groups in total. The summed E-state index contributed by atoms with van der Waals surface area (Å²) in [6, 6.07) is 5.70. The number of nitrogens with one attached hydrogen (secondary N) is 1. The van der Waals surface area contributed by atoms with Gasteiger partial charge in [0.2, 0.25) is 0 Å². The van der Waals surface area contributed by atoms with Gasteiger partial charge >= 0.3 is 0 Å². The zero-order chi connectivity index (χ0) is 14.3. The van der Waals surface area contributed by atoms with Crippen molar-refractivity contribution in [2.45, 2.75) is 19.9 Å². The largest absolute Gasteiger partial charge is 0.349 e. The number of carbonyl (C=O) groups is 1. The van der Waals surface area contributed by atoms with Gasteiger partial charge in [-0.2, -0.15) is 11.8 Å². The number of hydrogen-bond acceptors (Lipinski definition) is 3. The molecule has 0 aliphatic rings. The van der Waals surface area contributed by atoms with Crippen LogP contribution in [0.25, 0.3) is 0 Å². The van der Waals surface area contributed by atoms with E-state index in [9.17, 15) is 4.79 Å². The number of carbonyl (C=O) groups excluding carboxylic acids is 1. The summed E-state index contributed by atoms with van der Waals surface area (Å²) in [5.41, 5.74) is 7.93. The minimum Gasteiger partial charge on any atom is -0.349 e. The fourth-order valence-corrected chi connectivity index (χ4v) is 2.27. The van der Waals surface area contributed by atoms with Crippen molar-refractivity contribution in [2.75, 3.05) is 18.6 Å². The average molecular weight is 276 g/mol. The number of nitrogens with two attached hydrogens (primary N) is 1. The highest BCUT2D eigenvalue weighted by molar-refractivity contribution is 7.98. The summed E-state index contributed by atoms with van der Waals surface area (Å²) in [7, 11) is 0. The maximum atomic E-state index is 12.0. The van der Waals surface area contributed by atoms with E-state index in [0.717, 1.165) is 16.9 Å². The lowest BCUT2D eigenvalue weighted by Crippen LogP contribution is -2.34. The smallest absolute Gasteiger partial charge is 0.251 e. The Labute approximate surface area is 119 Å². The second-order valence-corrected chi connectivity index (χ2v) is 5.28. The van der Waals surface area contributed by atoms with Crippen LogP contribution in [0.2, 0.25) is 0 Å². The van der Waals surface area contributed by atoms with E-state index in [1.165, 1.54) is 0 Å². The van der Waals surface area contributed by atoms with Crippen LogP contribution in [0.1, 0.15) is 28.4 Å². The Morgan fingerprint density at radius 1 is 1.53 bits per heavy atom. The topological polar surface area (TPSA) is 55.1 Å². The molecule has 1 aromatic carbocycles. The van der Waals surface area contributed by atoms with Crippen LogP contribution in [0, 0.1) is 18.8 Å². The van der Waals surface area contributed by atoms with E-state index in [2.05, 4.69) is 17.2 Å². The van der Waals surface area contributed by atoms with Crippen molar-refractivity contribution < 1.29 is 4.79 Å². The molecule has 0 aromatic heterocycles. The number of rotatable bonds is 4. The van der Waals surface area contributed by atoms with Gasteiger partial charge < -0.3 is 11.1 Å². The first-order valence-corrected chi connectivity index (χ1v) is 7.57. The van der Waals surface area contributed by atoms with Crippen LogP contribution in [0.5, 0.6) is 0 Å². The minimum absolute atomic E-state index is 0.0389. The molecular weight excluding hydrogens is 256 g/mol. The van der Waals surface area contributed by atoms with Crippen LogP contribution in [0.15, 0.2) is 18.2 Å². The van der Waals surface area contributed by atoms with Crippen molar-refractivity contribution in [3.63, 3.8) is 0 Å². The van der Waals surface area contributed by atoms with Crippen LogP contribution >= 0.6 is 11.8 Å². The van der Waals surface area contributed by atoms with Gasteiger partial charge in [-0.25, -0.2) is 0 Å². The fourth-order valence-electron chi connectivity index (χ4n) is 1.69. The lowest BCUT2D eigenvalue weighted by Gasteiger charge is -2.13. The van der Waals surface area contributed by atoms with E-state index in [0.29, 0.717) is 12.1 Å². The van der Waals surface area contributed by atoms with Gasteiger partial charge in [0.1, 0.15) is 0 Å². The third-order valence-electron chi connectivity index (χ3n) is 2.61. The van der Waals surface area contributed by atoms with Crippen molar-refractivity contribution in [1.82, 2.24) is 5.32 Å². The SMILES string of the molecule is CSCC(C)NC(=O)c1ccc(C#CCN)c(C)c1. The number of thioether (sulfide) groups is 1. The Hall–Kier alpha value is -1.44. The Morgan fingerprint density at radius 2 is 2.26 bits per heavy atom. The van der Waals surface area contributed by atoms with Crippen molar-refractivity contribution in [3.05, 3.63) is 34.9 Å². The summed E-state index contributed by atoms with van der Waals surface area (Å²) in [4.78, 5) is 12.0. The lowest BCUT2D eigenvalue weighted by molar-refractivity contribution is 0.0943. The molecule has 102 valence electrons.